The summed E-state index contributed by atoms with van der Waals surface area (Å²) in [6.07, 6.45) is 0.912. The summed E-state index contributed by atoms with van der Waals surface area (Å²) in [5, 5.41) is 2.76. The number of fused-ring (bicyclic) bond motifs is 3. The van der Waals surface area contributed by atoms with Crippen molar-refractivity contribution in [1.29, 1.82) is 0 Å². The largest absolute Gasteiger partial charge is 0.301 e. The Balaban J connectivity index is 1.70. The highest BCUT2D eigenvalue weighted by Crippen LogP contribution is 2.34. The van der Waals surface area contributed by atoms with Gasteiger partial charge in [-0.3, -0.25) is 9.36 Å². The van der Waals surface area contributed by atoms with Gasteiger partial charge in [0.2, 0.25) is 0 Å². The molecule has 0 saturated carbocycles. The Kier molecular flexibility index (Phi) is 5.05. The van der Waals surface area contributed by atoms with Gasteiger partial charge in [0.15, 0.2) is 5.16 Å². The molecule has 0 unspecified atom stereocenters. The molecule has 0 aliphatic carbocycles. The van der Waals surface area contributed by atoms with Crippen molar-refractivity contribution in [3.05, 3.63) is 54.6 Å². The summed E-state index contributed by atoms with van der Waals surface area (Å²) in [7, 11) is 3.90. The molecule has 136 valence electrons. The Morgan fingerprint density at radius 3 is 2.88 bits per heavy atom. The van der Waals surface area contributed by atoms with Crippen molar-refractivity contribution >= 4 is 56.5 Å². The SMILES string of the molecule is CN1CCc2c(sc3nc(SCc4ccc(Cl)cc4Cl)n(C)c(=O)c23)C1. The molecule has 0 fully saturated rings. The fourth-order valence-electron chi connectivity index (χ4n) is 3.14. The van der Waals surface area contributed by atoms with Crippen LogP contribution in [0.3, 0.4) is 0 Å². The van der Waals surface area contributed by atoms with Gasteiger partial charge in [-0.05, 0) is 36.7 Å². The van der Waals surface area contributed by atoms with Crippen molar-refractivity contribution in [1.82, 2.24) is 14.5 Å². The van der Waals surface area contributed by atoms with E-state index in [2.05, 4.69) is 11.9 Å². The van der Waals surface area contributed by atoms with Crippen LogP contribution in [0.1, 0.15) is 16.0 Å². The number of nitrogens with zero attached hydrogens (tertiary/aromatic N) is 3. The Bertz CT molecular complexity index is 1060. The van der Waals surface area contributed by atoms with Gasteiger partial charge in [-0.15, -0.1) is 11.3 Å². The van der Waals surface area contributed by atoms with E-state index >= 15 is 0 Å². The average Bonchev–Trinajstić information content (AvgIpc) is 2.95. The molecule has 0 atom stereocenters. The monoisotopic (exact) mass is 425 g/mol. The van der Waals surface area contributed by atoms with Crippen LogP contribution in [0.25, 0.3) is 10.2 Å². The van der Waals surface area contributed by atoms with Crippen molar-refractivity contribution < 1.29 is 0 Å². The molecule has 4 rings (SSSR count). The van der Waals surface area contributed by atoms with Crippen molar-refractivity contribution in [2.24, 2.45) is 7.05 Å². The number of rotatable bonds is 3. The van der Waals surface area contributed by atoms with Crippen LogP contribution in [0.15, 0.2) is 28.2 Å². The second-order valence-corrected chi connectivity index (χ2v) is 9.32. The highest BCUT2D eigenvalue weighted by Gasteiger charge is 2.23. The number of aromatic nitrogens is 2. The van der Waals surface area contributed by atoms with Gasteiger partial charge in [-0.25, -0.2) is 4.98 Å². The fourth-order valence-corrected chi connectivity index (χ4v) is 6.01. The van der Waals surface area contributed by atoms with E-state index in [-0.39, 0.29) is 5.56 Å². The molecular formula is C18H17Cl2N3OS2. The quantitative estimate of drug-likeness (QED) is 0.454. The molecule has 8 heteroatoms. The molecule has 0 spiro atoms. The summed E-state index contributed by atoms with van der Waals surface area (Å²) in [6, 6.07) is 5.47. The van der Waals surface area contributed by atoms with E-state index in [1.165, 1.54) is 22.2 Å². The number of hydrogen-bond donors (Lipinski definition) is 0. The van der Waals surface area contributed by atoms with Crippen LogP contribution in [0.2, 0.25) is 10.0 Å². The van der Waals surface area contributed by atoms with Crippen LogP contribution in [0, 0.1) is 0 Å². The van der Waals surface area contributed by atoms with E-state index in [1.54, 1.807) is 29.0 Å². The minimum Gasteiger partial charge on any atom is -0.301 e. The molecule has 0 bridgehead atoms. The van der Waals surface area contributed by atoms with Gasteiger partial charge >= 0.3 is 0 Å². The van der Waals surface area contributed by atoms with Crippen molar-refractivity contribution in [2.75, 3.05) is 13.6 Å². The Hall–Kier alpha value is -1.05. The summed E-state index contributed by atoms with van der Waals surface area (Å²) in [6.45, 7) is 1.87. The standard InChI is InChI=1S/C18H17Cl2N3OS2/c1-22-6-5-12-14(8-22)26-16-15(12)17(24)23(2)18(21-16)25-9-10-3-4-11(19)7-13(10)20/h3-4,7H,5-6,8-9H2,1-2H3. The molecule has 26 heavy (non-hydrogen) atoms. The van der Waals surface area contributed by atoms with E-state index in [9.17, 15) is 4.79 Å². The molecule has 3 heterocycles. The van der Waals surface area contributed by atoms with Crippen LogP contribution in [0.5, 0.6) is 0 Å². The lowest BCUT2D eigenvalue weighted by molar-refractivity contribution is 0.318. The van der Waals surface area contributed by atoms with Crippen molar-refractivity contribution in [3.63, 3.8) is 0 Å². The Morgan fingerprint density at radius 2 is 2.12 bits per heavy atom. The number of benzene rings is 1. The van der Waals surface area contributed by atoms with Gasteiger partial charge in [-0.2, -0.15) is 0 Å². The van der Waals surface area contributed by atoms with Gasteiger partial charge in [0.25, 0.3) is 5.56 Å². The molecular weight excluding hydrogens is 409 g/mol. The molecule has 0 N–H and O–H groups in total. The zero-order valence-corrected chi connectivity index (χ0v) is 17.5. The molecule has 0 radical (unpaired) electrons. The van der Waals surface area contributed by atoms with Crippen molar-refractivity contribution in [2.45, 2.75) is 23.9 Å². The van der Waals surface area contributed by atoms with Gasteiger partial charge in [-0.1, -0.05) is 41.0 Å². The maximum atomic E-state index is 12.9. The van der Waals surface area contributed by atoms with Gasteiger partial charge < -0.3 is 4.90 Å². The molecule has 0 saturated heterocycles. The molecule has 1 aromatic carbocycles. The Labute approximate surface area is 169 Å². The predicted molar refractivity (Wildman–Crippen MR) is 111 cm³/mol. The van der Waals surface area contributed by atoms with E-state index in [4.69, 9.17) is 28.2 Å². The smallest absolute Gasteiger partial charge is 0.262 e. The molecule has 3 aromatic rings. The molecule has 1 aliphatic heterocycles. The van der Waals surface area contributed by atoms with Gasteiger partial charge in [0.05, 0.1) is 5.39 Å². The summed E-state index contributed by atoms with van der Waals surface area (Å²) in [5.74, 6) is 0.635. The third kappa shape index (κ3) is 3.29. The summed E-state index contributed by atoms with van der Waals surface area (Å²) >= 11 is 15.4. The average molecular weight is 426 g/mol. The minimum atomic E-state index is 0.0433. The zero-order chi connectivity index (χ0) is 18.4. The zero-order valence-electron chi connectivity index (χ0n) is 14.4. The number of hydrogen-bond acceptors (Lipinski definition) is 5. The lowest BCUT2D eigenvalue weighted by Crippen LogP contribution is -2.26. The maximum Gasteiger partial charge on any atom is 0.262 e. The second-order valence-electron chi connectivity index (χ2n) is 6.45. The van der Waals surface area contributed by atoms with Crippen LogP contribution >= 0.6 is 46.3 Å². The normalized spacial score (nSPS) is 14.8. The lowest BCUT2D eigenvalue weighted by atomic mass is 10.1. The first-order chi connectivity index (χ1) is 12.4. The lowest BCUT2D eigenvalue weighted by Gasteiger charge is -2.21. The van der Waals surface area contributed by atoms with E-state index in [0.717, 1.165) is 35.3 Å². The summed E-state index contributed by atoms with van der Waals surface area (Å²) < 4.78 is 1.65. The van der Waals surface area contributed by atoms with Crippen LogP contribution in [0.4, 0.5) is 0 Å². The van der Waals surface area contributed by atoms with Crippen molar-refractivity contribution in [3.8, 4) is 0 Å². The number of likely N-dealkylation sites (N-methyl/N-ethyl adjacent to an activating group) is 1. The number of thiophene rings is 1. The van der Waals surface area contributed by atoms with Gasteiger partial charge in [0, 0.05) is 40.8 Å². The number of thioether (sulfide) groups is 1. The van der Waals surface area contributed by atoms with E-state index in [1.807, 2.05) is 12.1 Å². The summed E-state index contributed by atoms with van der Waals surface area (Å²) in [5.41, 5.74) is 2.21. The fraction of sp³-hybridized carbons (Fsp3) is 0.333. The van der Waals surface area contributed by atoms with Crippen LogP contribution in [-0.4, -0.2) is 28.0 Å². The highest BCUT2D eigenvalue weighted by molar-refractivity contribution is 7.98. The van der Waals surface area contributed by atoms with Crippen LogP contribution in [-0.2, 0) is 25.8 Å². The molecule has 1 aliphatic rings. The predicted octanol–water partition coefficient (Wildman–Crippen LogP) is 4.58. The molecule has 0 amide bonds. The van der Waals surface area contributed by atoms with Gasteiger partial charge in [0.1, 0.15) is 4.83 Å². The first kappa shape index (κ1) is 18.3. The third-order valence-corrected chi connectivity index (χ3v) is 7.38. The first-order valence-electron chi connectivity index (χ1n) is 8.20. The molecule has 2 aromatic heterocycles. The number of halogens is 2. The minimum absolute atomic E-state index is 0.0433. The molecule has 4 nitrogen and oxygen atoms in total. The maximum absolute atomic E-state index is 12.9. The van der Waals surface area contributed by atoms with E-state index in [0.29, 0.717) is 21.0 Å². The van der Waals surface area contributed by atoms with Crippen LogP contribution < -0.4 is 5.56 Å². The summed E-state index contributed by atoms with van der Waals surface area (Å²) in [4.78, 5) is 22.1. The Morgan fingerprint density at radius 1 is 1.31 bits per heavy atom. The second kappa shape index (κ2) is 7.17. The van der Waals surface area contributed by atoms with E-state index < -0.39 is 0 Å². The highest BCUT2D eigenvalue weighted by atomic mass is 35.5. The first-order valence-corrected chi connectivity index (χ1v) is 10.8. The topological polar surface area (TPSA) is 38.1 Å². The third-order valence-electron chi connectivity index (χ3n) is 4.60.